The number of amides is 1. The number of halogens is 1. The quantitative estimate of drug-likeness (QED) is 0.879. The molecule has 0 radical (unpaired) electrons. The van der Waals surface area contributed by atoms with Crippen molar-refractivity contribution in [3.8, 4) is 0 Å². The first kappa shape index (κ1) is 15.1. The van der Waals surface area contributed by atoms with Crippen molar-refractivity contribution in [3.05, 3.63) is 41.5 Å². The van der Waals surface area contributed by atoms with Gasteiger partial charge in [0.1, 0.15) is 12.4 Å². The number of aromatic nitrogens is 3. The van der Waals surface area contributed by atoms with Crippen LogP contribution in [0.25, 0.3) is 0 Å². The Morgan fingerprint density at radius 1 is 1.35 bits per heavy atom. The van der Waals surface area contributed by atoms with Gasteiger partial charge in [-0.05, 0) is 25.0 Å². The molecule has 1 amide bonds. The van der Waals surface area contributed by atoms with E-state index in [-0.39, 0.29) is 23.8 Å². The predicted molar refractivity (Wildman–Crippen MR) is 78.6 cm³/mol. The summed E-state index contributed by atoms with van der Waals surface area (Å²) in [7, 11) is 0. The number of hydrogen-bond acceptors (Lipinski definition) is 4. The van der Waals surface area contributed by atoms with Crippen LogP contribution in [-0.2, 0) is 11.3 Å². The van der Waals surface area contributed by atoms with Gasteiger partial charge < -0.3 is 10.4 Å². The van der Waals surface area contributed by atoms with Gasteiger partial charge in [-0.25, -0.2) is 13.9 Å². The van der Waals surface area contributed by atoms with Crippen molar-refractivity contribution in [2.24, 2.45) is 0 Å². The zero-order valence-corrected chi connectivity index (χ0v) is 12.2. The molecule has 8 heteroatoms. The van der Waals surface area contributed by atoms with Gasteiger partial charge in [-0.15, -0.1) is 5.10 Å². The molecule has 0 bridgehead atoms. The highest BCUT2D eigenvalue weighted by Gasteiger charge is 2.31. The highest BCUT2D eigenvalue weighted by Crippen LogP contribution is 2.37. The summed E-state index contributed by atoms with van der Waals surface area (Å²) < 4.78 is 14.8. The van der Waals surface area contributed by atoms with Gasteiger partial charge in [-0.3, -0.25) is 4.79 Å². The average molecular weight is 318 g/mol. The maximum Gasteiger partial charge on any atom is 0.358 e. The van der Waals surface area contributed by atoms with Crippen molar-refractivity contribution < 1.29 is 19.1 Å². The molecule has 1 aromatic heterocycles. The van der Waals surface area contributed by atoms with Crippen molar-refractivity contribution in [3.63, 3.8) is 0 Å². The third-order valence-corrected chi connectivity index (χ3v) is 3.91. The maximum atomic E-state index is 13.5. The Bertz CT molecular complexity index is 755. The van der Waals surface area contributed by atoms with Gasteiger partial charge in [0, 0.05) is 5.92 Å². The fourth-order valence-electron chi connectivity index (χ4n) is 2.56. The van der Waals surface area contributed by atoms with Gasteiger partial charge in [0.05, 0.1) is 11.4 Å². The zero-order chi connectivity index (χ0) is 16.4. The van der Waals surface area contributed by atoms with E-state index in [4.69, 9.17) is 0 Å². The number of anilines is 1. The van der Waals surface area contributed by atoms with Gasteiger partial charge in [-0.2, -0.15) is 0 Å². The summed E-state index contributed by atoms with van der Waals surface area (Å²) in [6.45, 7) is -0.208. The number of para-hydroxylation sites is 1. The summed E-state index contributed by atoms with van der Waals surface area (Å²) >= 11 is 0. The second kappa shape index (κ2) is 6.15. The van der Waals surface area contributed by atoms with Gasteiger partial charge >= 0.3 is 5.97 Å². The van der Waals surface area contributed by atoms with E-state index in [1.54, 1.807) is 6.07 Å². The monoisotopic (exact) mass is 318 g/mol. The SMILES string of the molecule is O=C(Cn1nnc(C(=O)O)c1C1CCC1)Nc1ccccc1F. The lowest BCUT2D eigenvalue weighted by molar-refractivity contribution is -0.117. The van der Waals surface area contributed by atoms with E-state index in [1.807, 2.05) is 0 Å². The first-order valence-electron chi connectivity index (χ1n) is 7.27. The second-order valence-corrected chi connectivity index (χ2v) is 5.44. The molecule has 120 valence electrons. The molecule has 3 rings (SSSR count). The molecule has 1 aromatic carbocycles. The summed E-state index contributed by atoms with van der Waals surface area (Å²) in [5.74, 6) is -2.13. The fraction of sp³-hybridized carbons (Fsp3) is 0.333. The number of aromatic carboxylic acids is 1. The first-order valence-corrected chi connectivity index (χ1v) is 7.27. The standard InChI is InChI=1S/C15H15FN4O3/c16-10-6-1-2-7-11(10)17-12(21)8-20-14(9-4-3-5-9)13(15(22)23)18-19-20/h1-2,6-7,9H,3-5,8H2,(H,17,21)(H,22,23). The number of benzene rings is 1. The van der Waals surface area contributed by atoms with E-state index in [1.165, 1.54) is 22.9 Å². The molecule has 0 saturated heterocycles. The lowest BCUT2D eigenvalue weighted by atomic mass is 9.82. The number of carboxylic acids is 1. The van der Waals surface area contributed by atoms with Crippen molar-refractivity contribution in [1.29, 1.82) is 0 Å². The Morgan fingerprint density at radius 3 is 2.70 bits per heavy atom. The smallest absolute Gasteiger partial charge is 0.358 e. The van der Waals surface area contributed by atoms with Crippen LogP contribution in [0.2, 0.25) is 0 Å². The molecule has 0 atom stereocenters. The van der Waals surface area contributed by atoms with Crippen molar-refractivity contribution in [2.75, 3.05) is 5.32 Å². The average Bonchev–Trinajstić information content (AvgIpc) is 2.83. The van der Waals surface area contributed by atoms with Gasteiger partial charge in [0.2, 0.25) is 5.91 Å². The molecule has 1 saturated carbocycles. The highest BCUT2D eigenvalue weighted by atomic mass is 19.1. The van der Waals surface area contributed by atoms with E-state index in [9.17, 15) is 19.1 Å². The topological polar surface area (TPSA) is 97.1 Å². The van der Waals surface area contributed by atoms with Gasteiger partial charge in [0.15, 0.2) is 5.69 Å². The van der Waals surface area contributed by atoms with Crippen molar-refractivity contribution >= 4 is 17.6 Å². The minimum atomic E-state index is -1.16. The molecule has 23 heavy (non-hydrogen) atoms. The second-order valence-electron chi connectivity index (χ2n) is 5.44. The number of carbonyl (C=O) groups is 2. The first-order chi connectivity index (χ1) is 11.1. The highest BCUT2D eigenvalue weighted by molar-refractivity contribution is 5.91. The van der Waals surface area contributed by atoms with E-state index in [0.717, 1.165) is 19.3 Å². The van der Waals surface area contributed by atoms with E-state index in [0.29, 0.717) is 5.69 Å². The van der Waals surface area contributed by atoms with E-state index < -0.39 is 17.7 Å². The van der Waals surface area contributed by atoms with E-state index >= 15 is 0 Å². The van der Waals surface area contributed by atoms with Crippen LogP contribution in [-0.4, -0.2) is 32.0 Å². The predicted octanol–water partition coefficient (Wildman–Crippen LogP) is 2.02. The van der Waals surface area contributed by atoms with Crippen LogP contribution < -0.4 is 5.32 Å². The van der Waals surface area contributed by atoms with Crippen LogP contribution in [0.1, 0.15) is 41.4 Å². The lowest BCUT2D eigenvalue weighted by Crippen LogP contribution is -2.24. The Hall–Kier alpha value is -2.77. The van der Waals surface area contributed by atoms with Crippen LogP contribution in [0.3, 0.4) is 0 Å². The molecule has 0 spiro atoms. The normalized spacial score (nSPS) is 14.3. The summed E-state index contributed by atoms with van der Waals surface area (Å²) in [5, 5.41) is 19.1. The molecule has 2 N–H and O–H groups in total. The lowest BCUT2D eigenvalue weighted by Gasteiger charge is -2.26. The summed E-state index contributed by atoms with van der Waals surface area (Å²) in [4.78, 5) is 23.3. The summed E-state index contributed by atoms with van der Waals surface area (Å²) in [6, 6.07) is 5.82. The molecule has 1 aliphatic rings. The van der Waals surface area contributed by atoms with Crippen LogP contribution in [0, 0.1) is 5.82 Å². The molecular weight excluding hydrogens is 303 g/mol. The Balaban J connectivity index is 1.78. The Kier molecular flexibility index (Phi) is 4.05. The maximum absolute atomic E-state index is 13.5. The third kappa shape index (κ3) is 3.05. The zero-order valence-electron chi connectivity index (χ0n) is 12.2. The van der Waals surface area contributed by atoms with Crippen LogP contribution in [0.5, 0.6) is 0 Å². The number of nitrogens with one attached hydrogen (secondary N) is 1. The molecule has 1 fully saturated rings. The fourth-order valence-corrected chi connectivity index (χ4v) is 2.56. The number of hydrogen-bond donors (Lipinski definition) is 2. The molecular formula is C15H15FN4O3. The summed E-state index contributed by atoms with van der Waals surface area (Å²) in [5.41, 5.74) is 0.419. The Labute approximate surface area is 131 Å². The largest absolute Gasteiger partial charge is 0.476 e. The molecule has 1 heterocycles. The third-order valence-electron chi connectivity index (χ3n) is 3.91. The number of carboxylic acid groups (broad SMARTS) is 1. The summed E-state index contributed by atoms with van der Waals surface area (Å²) in [6.07, 6.45) is 2.71. The number of rotatable bonds is 5. The number of nitrogens with zero attached hydrogens (tertiary/aromatic N) is 3. The minimum absolute atomic E-state index is 0.0531. The molecule has 1 aliphatic carbocycles. The molecule has 0 unspecified atom stereocenters. The molecule has 2 aromatic rings. The van der Waals surface area contributed by atoms with Gasteiger partial charge in [0.25, 0.3) is 0 Å². The van der Waals surface area contributed by atoms with Crippen molar-refractivity contribution in [1.82, 2.24) is 15.0 Å². The van der Waals surface area contributed by atoms with Crippen molar-refractivity contribution in [2.45, 2.75) is 31.7 Å². The molecule has 7 nitrogen and oxygen atoms in total. The minimum Gasteiger partial charge on any atom is -0.476 e. The molecule has 0 aliphatic heterocycles. The van der Waals surface area contributed by atoms with E-state index in [2.05, 4.69) is 15.6 Å². The Morgan fingerprint density at radius 2 is 2.09 bits per heavy atom. The van der Waals surface area contributed by atoms with Gasteiger partial charge in [-0.1, -0.05) is 23.8 Å². The van der Waals surface area contributed by atoms with Crippen LogP contribution >= 0.6 is 0 Å². The van der Waals surface area contributed by atoms with Crippen LogP contribution in [0.4, 0.5) is 10.1 Å². The number of carbonyl (C=O) groups excluding carboxylic acids is 1. The van der Waals surface area contributed by atoms with Crippen LogP contribution in [0.15, 0.2) is 24.3 Å².